The van der Waals surface area contributed by atoms with Crippen LogP contribution in [0.2, 0.25) is 0 Å². The van der Waals surface area contributed by atoms with Crippen molar-refractivity contribution in [2.24, 2.45) is 0 Å². The number of anilines is 1. The molecular formula is C38H52ClN2+. The molecule has 1 N–H and O–H groups in total. The van der Waals surface area contributed by atoms with E-state index in [-0.39, 0.29) is 10.8 Å². The monoisotopic (exact) mass is 571 g/mol. The van der Waals surface area contributed by atoms with Crippen LogP contribution in [0.25, 0.3) is 0 Å². The molecule has 5 rings (SSSR count). The molecule has 220 valence electrons. The predicted octanol–water partition coefficient (Wildman–Crippen LogP) is 9.55. The Hall–Kier alpha value is -2.55. The number of halogens is 1. The highest BCUT2D eigenvalue weighted by molar-refractivity contribution is 6.32. The molecular weight excluding hydrogens is 520 g/mol. The number of rotatable bonds is 7. The van der Waals surface area contributed by atoms with Crippen molar-refractivity contribution in [1.29, 1.82) is 0 Å². The van der Waals surface area contributed by atoms with Crippen molar-refractivity contribution in [3.8, 4) is 0 Å². The molecule has 2 nitrogen and oxygen atoms in total. The van der Waals surface area contributed by atoms with E-state index < -0.39 is 0 Å². The van der Waals surface area contributed by atoms with Gasteiger partial charge in [0.25, 0.3) is 0 Å². The van der Waals surface area contributed by atoms with Crippen molar-refractivity contribution in [3.05, 3.63) is 106 Å². The van der Waals surface area contributed by atoms with Gasteiger partial charge in [0.15, 0.2) is 0 Å². The maximum atomic E-state index is 7.15. The van der Waals surface area contributed by atoms with Gasteiger partial charge in [0.1, 0.15) is 11.7 Å². The Balaban J connectivity index is 0.00000189. The van der Waals surface area contributed by atoms with Gasteiger partial charge in [-0.3, -0.25) is 4.90 Å². The molecule has 2 aromatic carbocycles. The Morgan fingerprint density at radius 1 is 0.902 bits per heavy atom. The lowest BCUT2D eigenvalue weighted by atomic mass is 9.80. The zero-order valence-electron chi connectivity index (χ0n) is 26.8. The number of nitrogens with zero attached hydrogens (tertiary/aromatic N) is 1. The van der Waals surface area contributed by atoms with Crippen molar-refractivity contribution in [1.82, 2.24) is 0 Å². The number of hydrogen-bond acceptors (Lipinski definition) is 1. The van der Waals surface area contributed by atoms with Gasteiger partial charge in [0, 0.05) is 33.9 Å². The number of hydrogen-bond donors (Lipinski definition) is 1. The standard InChI is InChI=1S/C36H45ClN2.C2H6/c1-7-24-38-30-18-11-9-16-28(30)35(3,4)32(38)22-20-26-14-13-15-27(34(26)37)21-23-33-36(5,6)29-17-10-12-19-31(29)39(33)25-8-2;1-2/h9-12,16-23,32H,7-8,13-15,24-25H2,1-6H3;1-2H3/p+1/b22-20+,27-21+,33-23+;. The topological polar surface area (TPSA) is 7.68 Å². The van der Waals surface area contributed by atoms with Crippen molar-refractivity contribution in [2.45, 2.75) is 104 Å². The molecule has 2 aliphatic heterocycles. The summed E-state index contributed by atoms with van der Waals surface area (Å²) in [5.41, 5.74) is 9.70. The van der Waals surface area contributed by atoms with Crippen molar-refractivity contribution >= 4 is 23.0 Å². The quantitative estimate of drug-likeness (QED) is 0.347. The van der Waals surface area contributed by atoms with E-state index in [1.54, 1.807) is 4.90 Å². The summed E-state index contributed by atoms with van der Waals surface area (Å²) in [4.78, 5) is 4.10. The fraction of sp³-hybridized carbons (Fsp3) is 0.474. The Labute approximate surface area is 255 Å². The van der Waals surface area contributed by atoms with Crippen LogP contribution in [0.15, 0.2) is 94.7 Å². The average Bonchev–Trinajstić information content (AvgIpc) is 3.32. The van der Waals surface area contributed by atoms with Crippen LogP contribution in [0.4, 0.5) is 11.4 Å². The highest BCUT2D eigenvalue weighted by Crippen LogP contribution is 2.48. The van der Waals surface area contributed by atoms with Crippen molar-refractivity contribution < 1.29 is 4.90 Å². The lowest BCUT2D eigenvalue weighted by Crippen LogP contribution is -3.10. The molecule has 0 fully saturated rings. The lowest BCUT2D eigenvalue weighted by molar-refractivity contribution is -0.850. The van der Waals surface area contributed by atoms with Gasteiger partial charge < -0.3 is 4.90 Å². The Morgan fingerprint density at radius 3 is 2.29 bits per heavy atom. The van der Waals surface area contributed by atoms with Gasteiger partial charge in [-0.1, -0.05) is 102 Å². The summed E-state index contributed by atoms with van der Waals surface area (Å²) in [7, 11) is 0. The van der Waals surface area contributed by atoms with Crippen LogP contribution >= 0.6 is 11.6 Å². The van der Waals surface area contributed by atoms with Gasteiger partial charge in [0.2, 0.25) is 0 Å². The molecule has 3 aliphatic rings. The summed E-state index contributed by atoms with van der Waals surface area (Å²) < 4.78 is 0. The highest BCUT2D eigenvalue weighted by Gasteiger charge is 2.47. The molecule has 41 heavy (non-hydrogen) atoms. The normalized spacial score (nSPS) is 24.6. The number of allylic oxidation sites excluding steroid dienone is 7. The third-order valence-electron chi connectivity index (χ3n) is 9.27. The van der Waals surface area contributed by atoms with E-state index in [0.29, 0.717) is 6.04 Å². The predicted molar refractivity (Wildman–Crippen MR) is 180 cm³/mol. The van der Waals surface area contributed by atoms with E-state index in [2.05, 4.69) is 119 Å². The van der Waals surface area contributed by atoms with Crippen molar-refractivity contribution in [3.63, 3.8) is 0 Å². The third kappa shape index (κ3) is 5.88. The summed E-state index contributed by atoms with van der Waals surface area (Å²) in [6.45, 7) is 20.2. The van der Waals surface area contributed by atoms with Gasteiger partial charge in [-0.2, -0.15) is 0 Å². The van der Waals surface area contributed by atoms with E-state index in [1.807, 2.05) is 13.8 Å². The smallest absolute Gasteiger partial charge is 0.135 e. The fourth-order valence-corrected chi connectivity index (χ4v) is 7.53. The highest BCUT2D eigenvalue weighted by atomic mass is 35.5. The molecule has 3 heteroatoms. The van der Waals surface area contributed by atoms with Gasteiger partial charge in [-0.15, -0.1) is 0 Å². The van der Waals surface area contributed by atoms with Crippen LogP contribution in [0.3, 0.4) is 0 Å². The molecule has 2 aromatic rings. The van der Waals surface area contributed by atoms with E-state index in [0.717, 1.165) is 43.8 Å². The first kappa shape index (κ1) is 31.4. The fourth-order valence-electron chi connectivity index (χ4n) is 7.22. The first-order valence-electron chi connectivity index (χ1n) is 16.0. The minimum absolute atomic E-state index is 0.0228. The maximum Gasteiger partial charge on any atom is 0.135 e. The SMILES string of the molecule is CC.CCCN1/C(=C/C=C2\CCCC(/C=C/C3[NH+](CCC)c4ccccc4C3(C)C)=C2Cl)C(C)(C)c2ccccc21. The lowest BCUT2D eigenvalue weighted by Gasteiger charge is -2.28. The molecule has 2 atom stereocenters. The molecule has 1 aliphatic carbocycles. The zero-order valence-corrected chi connectivity index (χ0v) is 27.5. The van der Waals surface area contributed by atoms with E-state index >= 15 is 0 Å². The van der Waals surface area contributed by atoms with Crippen molar-refractivity contribution in [2.75, 3.05) is 18.0 Å². The van der Waals surface area contributed by atoms with E-state index in [9.17, 15) is 0 Å². The largest absolute Gasteiger partial charge is 0.344 e. The van der Waals surface area contributed by atoms with Gasteiger partial charge >= 0.3 is 0 Å². The second-order valence-corrected chi connectivity index (χ2v) is 13.0. The summed E-state index contributed by atoms with van der Waals surface area (Å²) in [5, 5.41) is 0.954. The molecule has 2 heterocycles. The minimum atomic E-state index is -0.0228. The van der Waals surface area contributed by atoms with Crippen LogP contribution < -0.4 is 9.80 Å². The molecule has 0 bridgehead atoms. The Kier molecular flexibility index (Phi) is 10.1. The molecule has 2 unspecified atom stereocenters. The zero-order chi connectivity index (χ0) is 29.8. The second-order valence-electron chi connectivity index (χ2n) is 12.6. The first-order valence-corrected chi connectivity index (χ1v) is 16.4. The number of quaternary nitrogens is 1. The third-order valence-corrected chi connectivity index (χ3v) is 9.76. The van der Waals surface area contributed by atoms with Gasteiger partial charge in [0.05, 0.1) is 12.0 Å². The van der Waals surface area contributed by atoms with Gasteiger partial charge in [-0.05, 0) is 86.9 Å². The summed E-state index contributed by atoms with van der Waals surface area (Å²) in [6.07, 6.45) is 15.0. The molecule has 0 saturated carbocycles. The number of benzene rings is 2. The number of fused-ring (bicyclic) bond motifs is 2. The molecule has 0 amide bonds. The van der Waals surface area contributed by atoms with Crippen LogP contribution in [0, 0.1) is 0 Å². The molecule has 0 saturated heterocycles. The van der Waals surface area contributed by atoms with Crippen LogP contribution in [-0.4, -0.2) is 19.1 Å². The van der Waals surface area contributed by atoms with Crippen LogP contribution in [0.5, 0.6) is 0 Å². The number of para-hydroxylation sites is 2. The Bertz CT molecular complexity index is 1340. The summed E-state index contributed by atoms with van der Waals surface area (Å²) in [6, 6.07) is 18.3. The van der Waals surface area contributed by atoms with E-state index in [4.69, 9.17) is 11.6 Å². The maximum absolute atomic E-state index is 7.15. The first-order chi connectivity index (χ1) is 19.7. The summed E-state index contributed by atoms with van der Waals surface area (Å²) in [5.74, 6) is 0. The van der Waals surface area contributed by atoms with E-state index in [1.165, 1.54) is 45.8 Å². The molecule has 0 aromatic heterocycles. The average molecular weight is 572 g/mol. The molecule has 0 radical (unpaired) electrons. The molecule has 0 spiro atoms. The number of nitrogens with one attached hydrogen (secondary N) is 1. The van der Waals surface area contributed by atoms with Gasteiger partial charge in [-0.25, -0.2) is 0 Å². The second kappa shape index (κ2) is 13.2. The minimum Gasteiger partial charge on any atom is -0.344 e. The van der Waals surface area contributed by atoms with Crippen LogP contribution in [0.1, 0.15) is 98.6 Å². The Morgan fingerprint density at radius 2 is 1.59 bits per heavy atom. The van der Waals surface area contributed by atoms with Crippen LogP contribution in [-0.2, 0) is 10.8 Å². The summed E-state index contributed by atoms with van der Waals surface area (Å²) >= 11 is 7.15.